The van der Waals surface area contributed by atoms with Crippen LogP contribution in [0.2, 0.25) is 0 Å². The first-order valence-electron chi connectivity index (χ1n) is 8.21. The summed E-state index contributed by atoms with van der Waals surface area (Å²) in [5.41, 5.74) is 2.42. The predicted octanol–water partition coefficient (Wildman–Crippen LogP) is 3.49. The lowest BCUT2D eigenvalue weighted by Gasteiger charge is -2.32. The van der Waals surface area contributed by atoms with Gasteiger partial charge < -0.3 is 9.64 Å². The van der Waals surface area contributed by atoms with E-state index >= 15 is 0 Å². The number of carbonyl (C=O) groups is 2. The van der Waals surface area contributed by atoms with Crippen LogP contribution in [0.4, 0.5) is 0 Å². The minimum atomic E-state index is -0.391. The summed E-state index contributed by atoms with van der Waals surface area (Å²) >= 11 is 0. The van der Waals surface area contributed by atoms with Crippen molar-refractivity contribution in [1.29, 1.82) is 0 Å². The maximum Gasteiger partial charge on any atom is 0.337 e. The monoisotopic (exact) mass is 323 g/mol. The number of rotatable bonds is 3. The van der Waals surface area contributed by atoms with Gasteiger partial charge in [-0.25, -0.2) is 4.79 Å². The minimum Gasteiger partial charge on any atom is -0.465 e. The van der Waals surface area contributed by atoms with Crippen LogP contribution in [0.5, 0.6) is 0 Å². The highest BCUT2D eigenvalue weighted by Gasteiger charge is 2.24. The topological polar surface area (TPSA) is 46.6 Å². The van der Waals surface area contributed by atoms with Crippen LogP contribution in [0.3, 0.4) is 0 Å². The van der Waals surface area contributed by atoms with Gasteiger partial charge in [0.2, 0.25) is 0 Å². The zero-order valence-corrected chi connectivity index (χ0v) is 13.8. The first kappa shape index (κ1) is 16.2. The van der Waals surface area contributed by atoms with Crippen molar-refractivity contribution in [3.63, 3.8) is 0 Å². The van der Waals surface area contributed by atoms with Gasteiger partial charge in [0, 0.05) is 18.7 Å². The van der Waals surface area contributed by atoms with E-state index in [1.54, 1.807) is 24.3 Å². The van der Waals surface area contributed by atoms with Gasteiger partial charge in [0.25, 0.3) is 5.91 Å². The molecule has 1 amide bonds. The first-order chi connectivity index (χ1) is 11.7. The average molecular weight is 323 g/mol. The van der Waals surface area contributed by atoms with Gasteiger partial charge in [0.05, 0.1) is 12.7 Å². The van der Waals surface area contributed by atoms with E-state index in [0.29, 0.717) is 17.0 Å². The maximum atomic E-state index is 12.6. The number of likely N-dealkylation sites (tertiary alicyclic amines) is 1. The molecule has 124 valence electrons. The van der Waals surface area contributed by atoms with Gasteiger partial charge in [0.1, 0.15) is 0 Å². The number of methoxy groups -OCH3 is 1. The van der Waals surface area contributed by atoms with Crippen molar-refractivity contribution < 1.29 is 14.3 Å². The van der Waals surface area contributed by atoms with Crippen molar-refractivity contribution in [1.82, 2.24) is 4.90 Å². The Morgan fingerprint density at radius 2 is 1.50 bits per heavy atom. The largest absolute Gasteiger partial charge is 0.465 e. The summed E-state index contributed by atoms with van der Waals surface area (Å²) in [7, 11) is 1.35. The minimum absolute atomic E-state index is 0.0259. The van der Waals surface area contributed by atoms with E-state index < -0.39 is 5.97 Å². The van der Waals surface area contributed by atoms with Gasteiger partial charge >= 0.3 is 5.97 Å². The van der Waals surface area contributed by atoms with E-state index in [-0.39, 0.29) is 5.91 Å². The molecule has 2 aromatic rings. The molecule has 1 heterocycles. The van der Waals surface area contributed by atoms with E-state index in [1.807, 2.05) is 11.0 Å². The summed E-state index contributed by atoms with van der Waals surface area (Å²) in [4.78, 5) is 25.9. The second kappa shape index (κ2) is 7.30. The lowest BCUT2D eigenvalue weighted by molar-refractivity contribution is 0.0599. The molecular formula is C20H21NO3. The second-order valence-electron chi connectivity index (χ2n) is 6.05. The molecule has 1 saturated heterocycles. The molecule has 24 heavy (non-hydrogen) atoms. The Kier molecular flexibility index (Phi) is 4.94. The number of piperidine rings is 1. The molecule has 3 rings (SSSR count). The van der Waals surface area contributed by atoms with Gasteiger partial charge in [-0.1, -0.05) is 30.3 Å². The quantitative estimate of drug-likeness (QED) is 0.812. The molecule has 0 aliphatic carbocycles. The molecule has 1 aliphatic rings. The number of hydrogen-bond acceptors (Lipinski definition) is 3. The van der Waals surface area contributed by atoms with Crippen LogP contribution in [0, 0.1) is 0 Å². The summed E-state index contributed by atoms with van der Waals surface area (Å²) in [6, 6.07) is 17.1. The fourth-order valence-corrected chi connectivity index (χ4v) is 3.19. The van der Waals surface area contributed by atoms with E-state index in [2.05, 4.69) is 29.0 Å². The van der Waals surface area contributed by atoms with E-state index in [9.17, 15) is 9.59 Å². The highest BCUT2D eigenvalue weighted by Crippen LogP contribution is 2.28. The van der Waals surface area contributed by atoms with Crippen LogP contribution in [0.15, 0.2) is 54.6 Å². The number of ether oxygens (including phenoxy) is 1. The fraction of sp³-hybridized carbons (Fsp3) is 0.300. The molecule has 1 fully saturated rings. The van der Waals surface area contributed by atoms with Crippen molar-refractivity contribution >= 4 is 11.9 Å². The van der Waals surface area contributed by atoms with Crippen molar-refractivity contribution in [2.24, 2.45) is 0 Å². The third kappa shape index (κ3) is 3.48. The molecule has 0 saturated carbocycles. The molecule has 0 unspecified atom stereocenters. The zero-order chi connectivity index (χ0) is 16.9. The molecule has 0 atom stereocenters. The average Bonchev–Trinajstić information content (AvgIpc) is 2.68. The molecular weight excluding hydrogens is 302 g/mol. The normalized spacial score (nSPS) is 15.1. The number of esters is 1. The molecule has 0 N–H and O–H groups in total. The van der Waals surface area contributed by atoms with Crippen molar-refractivity contribution in [3.05, 3.63) is 71.3 Å². The zero-order valence-electron chi connectivity index (χ0n) is 13.8. The van der Waals surface area contributed by atoms with E-state index in [0.717, 1.165) is 25.9 Å². The molecule has 0 bridgehead atoms. The number of benzene rings is 2. The van der Waals surface area contributed by atoms with Gasteiger partial charge in [-0.15, -0.1) is 0 Å². The van der Waals surface area contributed by atoms with E-state index in [1.165, 1.54) is 12.7 Å². The molecule has 0 radical (unpaired) electrons. The summed E-state index contributed by atoms with van der Waals surface area (Å²) in [5.74, 6) is 0.160. The van der Waals surface area contributed by atoms with Crippen LogP contribution in [-0.4, -0.2) is 37.0 Å². The highest BCUT2D eigenvalue weighted by atomic mass is 16.5. The summed E-state index contributed by atoms with van der Waals surface area (Å²) in [6.07, 6.45) is 1.96. The lowest BCUT2D eigenvalue weighted by Crippen LogP contribution is -2.37. The number of amides is 1. The standard InChI is InChI=1S/C20H21NO3/c1-24-20(23)18-9-7-17(8-10-18)19(22)21-13-11-16(12-14-21)15-5-3-2-4-6-15/h2-10,16H,11-14H2,1H3. The Morgan fingerprint density at radius 1 is 0.917 bits per heavy atom. The summed E-state index contributed by atoms with van der Waals surface area (Å²) in [5, 5.41) is 0. The van der Waals surface area contributed by atoms with Gasteiger partial charge in [-0.3, -0.25) is 4.79 Å². The first-order valence-corrected chi connectivity index (χ1v) is 8.21. The molecule has 4 heteroatoms. The summed E-state index contributed by atoms with van der Waals surface area (Å²) < 4.78 is 4.67. The van der Waals surface area contributed by atoms with E-state index in [4.69, 9.17) is 0 Å². The van der Waals surface area contributed by atoms with Crippen LogP contribution in [0.25, 0.3) is 0 Å². The SMILES string of the molecule is COC(=O)c1ccc(C(=O)N2CCC(c3ccccc3)CC2)cc1. The smallest absolute Gasteiger partial charge is 0.337 e. The van der Waals surface area contributed by atoms with Crippen molar-refractivity contribution in [2.45, 2.75) is 18.8 Å². The Morgan fingerprint density at radius 3 is 2.08 bits per heavy atom. The summed E-state index contributed by atoms with van der Waals surface area (Å²) in [6.45, 7) is 1.52. The molecule has 0 aromatic heterocycles. The van der Waals surface area contributed by atoms with Gasteiger partial charge in [-0.2, -0.15) is 0 Å². The second-order valence-corrected chi connectivity index (χ2v) is 6.05. The third-order valence-corrected chi connectivity index (χ3v) is 4.61. The lowest BCUT2D eigenvalue weighted by atomic mass is 9.89. The molecule has 1 aliphatic heterocycles. The van der Waals surface area contributed by atoms with Crippen LogP contribution >= 0.6 is 0 Å². The number of hydrogen-bond donors (Lipinski definition) is 0. The Labute approximate surface area is 142 Å². The Hall–Kier alpha value is -2.62. The van der Waals surface area contributed by atoms with Crippen molar-refractivity contribution in [3.8, 4) is 0 Å². The van der Waals surface area contributed by atoms with Gasteiger partial charge in [0.15, 0.2) is 0 Å². The van der Waals surface area contributed by atoms with Crippen LogP contribution in [-0.2, 0) is 4.74 Å². The fourth-order valence-electron chi connectivity index (χ4n) is 3.19. The molecule has 4 nitrogen and oxygen atoms in total. The number of nitrogens with zero attached hydrogens (tertiary/aromatic N) is 1. The molecule has 0 spiro atoms. The van der Waals surface area contributed by atoms with Gasteiger partial charge in [-0.05, 0) is 48.6 Å². The molecule has 2 aromatic carbocycles. The maximum absolute atomic E-state index is 12.6. The Bertz CT molecular complexity index is 701. The van der Waals surface area contributed by atoms with Crippen molar-refractivity contribution in [2.75, 3.05) is 20.2 Å². The van der Waals surface area contributed by atoms with Crippen LogP contribution < -0.4 is 0 Å². The number of carbonyl (C=O) groups excluding carboxylic acids is 2. The third-order valence-electron chi connectivity index (χ3n) is 4.61. The van der Waals surface area contributed by atoms with Crippen LogP contribution in [0.1, 0.15) is 45.0 Å². The Balaban J connectivity index is 1.62. The highest BCUT2D eigenvalue weighted by molar-refractivity contribution is 5.96. The predicted molar refractivity (Wildman–Crippen MR) is 92.1 cm³/mol.